The van der Waals surface area contributed by atoms with Gasteiger partial charge < -0.3 is 4.57 Å². The molecule has 0 N–H and O–H groups in total. The zero-order valence-electron chi connectivity index (χ0n) is 18.2. The third kappa shape index (κ3) is 3.83. The first-order chi connectivity index (χ1) is 13.7. The molecule has 8 heteroatoms. The number of aryl methyl sites for hydroxylation is 2. The summed E-state index contributed by atoms with van der Waals surface area (Å²) in [7, 11) is -1.61. The third-order valence-corrected chi connectivity index (χ3v) is 7.20. The summed E-state index contributed by atoms with van der Waals surface area (Å²) in [6.07, 6.45) is 2.95. The molecule has 2 heterocycles. The molecule has 3 aromatic rings. The van der Waals surface area contributed by atoms with E-state index in [1.807, 2.05) is 37.8 Å². The SMILES string of the molecule is CCCn1c(-c2cn(C)nc2C(C)C)nc2cc(S(=O)(=O)N(CC)CC)ccc21. The van der Waals surface area contributed by atoms with Gasteiger partial charge in [0.15, 0.2) is 0 Å². The van der Waals surface area contributed by atoms with E-state index in [0.29, 0.717) is 18.6 Å². The molecule has 0 saturated heterocycles. The van der Waals surface area contributed by atoms with Crippen molar-refractivity contribution in [3.05, 3.63) is 30.1 Å². The minimum absolute atomic E-state index is 0.264. The number of hydrogen-bond donors (Lipinski definition) is 0. The van der Waals surface area contributed by atoms with E-state index in [9.17, 15) is 8.42 Å². The summed E-state index contributed by atoms with van der Waals surface area (Å²) in [5.74, 6) is 1.11. The largest absolute Gasteiger partial charge is 0.324 e. The Balaban J connectivity index is 2.22. The van der Waals surface area contributed by atoms with Crippen molar-refractivity contribution in [2.45, 2.75) is 58.4 Å². The quantitative estimate of drug-likeness (QED) is 0.555. The lowest BCUT2D eigenvalue weighted by Crippen LogP contribution is -2.30. The molecule has 0 aliphatic heterocycles. The third-order valence-electron chi connectivity index (χ3n) is 5.16. The van der Waals surface area contributed by atoms with Crippen LogP contribution in [0.1, 0.15) is 52.7 Å². The number of rotatable bonds is 8. The van der Waals surface area contributed by atoms with Crippen molar-refractivity contribution < 1.29 is 8.42 Å². The van der Waals surface area contributed by atoms with Crippen molar-refractivity contribution in [2.75, 3.05) is 13.1 Å². The molecule has 7 nitrogen and oxygen atoms in total. The van der Waals surface area contributed by atoms with Gasteiger partial charge in [0.1, 0.15) is 5.82 Å². The molecule has 3 rings (SSSR count). The normalized spacial score (nSPS) is 12.6. The second-order valence-corrected chi connectivity index (χ2v) is 9.52. The Kier molecular flexibility index (Phi) is 6.14. The van der Waals surface area contributed by atoms with Crippen LogP contribution >= 0.6 is 0 Å². The van der Waals surface area contributed by atoms with Crippen LogP contribution in [0.3, 0.4) is 0 Å². The zero-order valence-corrected chi connectivity index (χ0v) is 19.0. The molecule has 0 saturated carbocycles. The van der Waals surface area contributed by atoms with Crippen molar-refractivity contribution in [2.24, 2.45) is 7.05 Å². The molecule has 0 aliphatic rings. The van der Waals surface area contributed by atoms with Crippen molar-refractivity contribution in [3.8, 4) is 11.4 Å². The maximum absolute atomic E-state index is 13.0. The molecule has 0 amide bonds. The van der Waals surface area contributed by atoms with Gasteiger partial charge in [-0.25, -0.2) is 13.4 Å². The number of hydrogen-bond acceptors (Lipinski definition) is 4. The molecule has 0 unspecified atom stereocenters. The number of fused-ring (bicyclic) bond motifs is 1. The molecule has 29 heavy (non-hydrogen) atoms. The number of imidazole rings is 1. The predicted molar refractivity (Wildman–Crippen MR) is 116 cm³/mol. The summed E-state index contributed by atoms with van der Waals surface area (Å²) < 4.78 is 31.4. The van der Waals surface area contributed by atoms with Crippen LogP contribution in [0.2, 0.25) is 0 Å². The standard InChI is InChI=1S/C21H31N5O2S/c1-7-12-26-19-11-10-16(29(27,28)25(8-2)9-3)13-18(19)22-21(26)17-14-24(6)23-20(17)15(4)5/h10-11,13-15H,7-9,12H2,1-6H3. The smallest absolute Gasteiger partial charge is 0.243 e. The summed E-state index contributed by atoms with van der Waals surface area (Å²) in [5, 5.41) is 4.62. The molecule has 158 valence electrons. The fraction of sp³-hybridized carbons (Fsp3) is 0.524. The van der Waals surface area contributed by atoms with Gasteiger partial charge in [-0.3, -0.25) is 4.68 Å². The minimum Gasteiger partial charge on any atom is -0.324 e. The van der Waals surface area contributed by atoms with Gasteiger partial charge in [-0.1, -0.05) is 34.6 Å². The van der Waals surface area contributed by atoms with Gasteiger partial charge in [0.25, 0.3) is 0 Å². The number of sulfonamides is 1. The van der Waals surface area contributed by atoms with Crippen LogP contribution in [0.4, 0.5) is 0 Å². The lowest BCUT2D eigenvalue weighted by molar-refractivity contribution is 0.445. The maximum Gasteiger partial charge on any atom is 0.243 e. The van der Waals surface area contributed by atoms with E-state index in [0.717, 1.165) is 35.6 Å². The van der Waals surface area contributed by atoms with Crippen molar-refractivity contribution in [1.82, 2.24) is 23.6 Å². The van der Waals surface area contributed by atoms with E-state index in [4.69, 9.17) is 4.98 Å². The van der Waals surface area contributed by atoms with E-state index in [1.54, 1.807) is 12.1 Å². The number of aromatic nitrogens is 4. The van der Waals surface area contributed by atoms with Gasteiger partial charge in [0.2, 0.25) is 10.0 Å². The molecule has 1 aromatic carbocycles. The van der Waals surface area contributed by atoms with Crippen molar-refractivity contribution in [3.63, 3.8) is 0 Å². The highest BCUT2D eigenvalue weighted by Crippen LogP contribution is 2.32. The Labute approximate surface area is 173 Å². The molecular weight excluding hydrogens is 386 g/mol. The van der Waals surface area contributed by atoms with Crippen LogP contribution in [0.15, 0.2) is 29.3 Å². The van der Waals surface area contributed by atoms with E-state index in [-0.39, 0.29) is 10.8 Å². The second kappa shape index (κ2) is 8.28. The topological polar surface area (TPSA) is 73.0 Å². The maximum atomic E-state index is 13.0. The predicted octanol–water partition coefficient (Wildman–Crippen LogP) is 4.00. The highest BCUT2D eigenvalue weighted by atomic mass is 32.2. The van der Waals surface area contributed by atoms with Crippen LogP contribution in [-0.2, 0) is 23.6 Å². The first-order valence-corrected chi connectivity index (χ1v) is 11.7. The van der Waals surface area contributed by atoms with Crippen LogP contribution in [-0.4, -0.2) is 45.1 Å². The van der Waals surface area contributed by atoms with Crippen LogP contribution in [0.25, 0.3) is 22.4 Å². The molecule has 0 aliphatic carbocycles. The van der Waals surface area contributed by atoms with Gasteiger partial charge in [-0.15, -0.1) is 0 Å². The van der Waals surface area contributed by atoms with Crippen LogP contribution in [0, 0.1) is 0 Å². The summed E-state index contributed by atoms with van der Waals surface area (Å²) in [6, 6.07) is 5.27. The van der Waals surface area contributed by atoms with Gasteiger partial charge in [0, 0.05) is 32.9 Å². The monoisotopic (exact) mass is 417 g/mol. The minimum atomic E-state index is -3.52. The van der Waals surface area contributed by atoms with E-state index in [1.165, 1.54) is 4.31 Å². The van der Waals surface area contributed by atoms with Crippen molar-refractivity contribution in [1.29, 1.82) is 0 Å². The van der Waals surface area contributed by atoms with Gasteiger partial charge in [-0.05, 0) is 30.5 Å². The summed E-state index contributed by atoms with van der Waals surface area (Å²) in [5.41, 5.74) is 3.63. The van der Waals surface area contributed by atoms with E-state index < -0.39 is 10.0 Å². The zero-order chi connectivity index (χ0) is 21.3. The van der Waals surface area contributed by atoms with Gasteiger partial charge in [0.05, 0.1) is 27.2 Å². The van der Waals surface area contributed by atoms with Crippen molar-refractivity contribution >= 4 is 21.1 Å². The number of nitrogens with zero attached hydrogens (tertiary/aromatic N) is 5. The van der Waals surface area contributed by atoms with Crippen LogP contribution in [0.5, 0.6) is 0 Å². The van der Waals surface area contributed by atoms with Gasteiger partial charge in [-0.2, -0.15) is 9.40 Å². The molecule has 0 radical (unpaired) electrons. The summed E-state index contributed by atoms with van der Waals surface area (Å²) in [4.78, 5) is 5.16. The first-order valence-electron chi connectivity index (χ1n) is 10.3. The second-order valence-electron chi connectivity index (χ2n) is 7.58. The summed E-state index contributed by atoms with van der Waals surface area (Å²) >= 11 is 0. The molecule has 2 aromatic heterocycles. The lowest BCUT2D eigenvalue weighted by atomic mass is 10.1. The fourth-order valence-corrected chi connectivity index (χ4v) is 5.22. The van der Waals surface area contributed by atoms with E-state index >= 15 is 0 Å². The Morgan fingerprint density at radius 2 is 1.83 bits per heavy atom. The average molecular weight is 418 g/mol. The Morgan fingerprint density at radius 1 is 1.14 bits per heavy atom. The molecular formula is C21H31N5O2S. The highest BCUT2D eigenvalue weighted by Gasteiger charge is 2.24. The first kappa shape index (κ1) is 21.5. The molecule has 0 bridgehead atoms. The van der Waals surface area contributed by atoms with Crippen LogP contribution < -0.4 is 0 Å². The Bertz CT molecular complexity index is 1110. The Hall–Kier alpha value is -2.19. The summed E-state index contributed by atoms with van der Waals surface area (Å²) in [6.45, 7) is 11.8. The molecule has 0 spiro atoms. The lowest BCUT2D eigenvalue weighted by Gasteiger charge is -2.18. The van der Waals surface area contributed by atoms with Gasteiger partial charge >= 0.3 is 0 Å². The molecule has 0 atom stereocenters. The highest BCUT2D eigenvalue weighted by molar-refractivity contribution is 7.89. The Morgan fingerprint density at radius 3 is 2.41 bits per heavy atom. The fourth-order valence-electron chi connectivity index (χ4n) is 3.74. The average Bonchev–Trinajstić information content (AvgIpc) is 3.23. The molecule has 0 fully saturated rings. The van der Waals surface area contributed by atoms with E-state index in [2.05, 4.69) is 30.4 Å². The number of benzene rings is 1.